The van der Waals surface area contributed by atoms with E-state index in [0.29, 0.717) is 23.7 Å². The third-order valence-corrected chi connectivity index (χ3v) is 1.65. The van der Waals surface area contributed by atoms with Crippen LogP contribution in [-0.2, 0) is 4.79 Å². The van der Waals surface area contributed by atoms with Gasteiger partial charge in [-0.1, -0.05) is 0 Å². The minimum absolute atomic E-state index is 0.379. The van der Waals surface area contributed by atoms with Crippen molar-refractivity contribution < 1.29 is 13.9 Å². The Labute approximate surface area is 74.1 Å². The number of carbonyl (C=O) groups excluding carboxylic acids is 1. The van der Waals surface area contributed by atoms with Crippen molar-refractivity contribution in [3.63, 3.8) is 0 Å². The molecule has 2 rings (SSSR count). The number of rotatable bonds is 2. The van der Waals surface area contributed by atoms with Crippen LogP contribution in [0.2, 0.25) is 0 Å². The SMILES string of the molecule is Cc1nc2ccc(OC=O)cc2o1. The van der Waals surface area contributed by atoms with Crippen LogP contribution in [0.15, 0.2) is 22.6 Å². The zero-order valence-electron chi connectivity index (χ0n) is 6.98. The molecule has 1 aromatic heterocycles. The highest BCUT2D eigenvalue weighted by molar-refractivity contribution is 5.74. The highest BCUT2D eigenvalue weighted by atomic mass is 16.5. The second-order valence-corrected chi connectivity index (χ2v) is 2.58. The lowest BCUT2D eigenvalue weighted by Crippen LogP contribution is -1.86. The van der Waals surface area contributed by atoms with Gasteiger partial charge in [-0.3, -0.25) is 4.79 Å². The van der Waals surface area contributed by atoms with Crippen LogP contribution in [0, 0.1) is 6.92 Å². The van der Waals surface area contributed by atoms with Gasteiger partial charge in [-0.2, -0.15) is 0 Å². The van der Waals surface area contributed by atoms with Crippen LogP contribution in [0.5, 0.6) is 5.75 Å². The number of hydrogen-bond donors (Lipinski definition) is 0. The Bertz CT molecular complexity index is 447. The van der Waals surface area contributed by atoms with Crippen LogP contribution in [0.1, 0.15) is 5.89 Å². The summed E-state index contributed by atoms with van der Waals surface area (Å²) in [4.78, 5) is 14.2. The quantitative estimate of drug-likeness (QED) is 0.655. The summed E-state index contributed by atoms with van der Waals surface area (Å²) >= 11 is 0. The van der Waals surface area contributed by atoms with Gasteiger partial charge in [0, 0.05) is 13.0 Å². The van der Waals surface area contributed by atoms with Crippen molar-refractivity contribution >= 4 is 17.6 Å². The average Bonchev–Trinajstić information content (AvgIpc) is 2.44. The van der Waals surface area contributed by atoms with E-state index in [1.807, 2.05) is 0 Å². The van der Waals surface area contributed by atoms with Gasteiger partial charge in [0.15, 0.2) is 11.5 Å². The zero-order valence-corrected chi connectivity index (χ0v) is 6.98. The molecule has 0 amide bonds. The van der Waals surface area contributed by atoms with Gasteiger partial charge in [0.1, 0.15) is 11.3 Å². The van der Waals surface area contributed by atoms with E-state index in [1.165, 1.54) is 0 Å². The molecule has 1 aromatic carbocycles. The molecule has 66 valence electrons. The normalized spacial score (nSPS) is 10.2. The summed E-state index contributed by atoms with van der Waals surface area (Å²) in [5, 5.41) is 0. The Morgan fingerprint density at radius 3 is 3.15 bits per heavy atom. The maximum atomic E-state index is 10.0. The van der Waals surface area contributed by atoms with Gasteiger partial charge in [0.2, 0.25) is 0 Å². The van der Waals surface area contributed by atoms with E-state index in [9.17, 15) is 4.79 Å². The lowest BCUT2D eigenvalue weighted by Gasteiger charge is -1.94. The summed E-state index contributed by atoms with van der Waals surface area (Å²) in [7, 11) is 0. The van der Waals surface area contributed by atoms with Gasteiger partial charge in [0.25, 0.3) is 6.47 Å². The van der Waals surface area contributed by atoms with E-state index in [4.69, 9.17) is 4.42 Å². The van der Waals surface area contributed by atoms with Crippen molar-refractivity contribution in [3.8, 4) is 5.75 Å². The third kappa shape index (κ3) is 1.38. The van der Waals surface area contributed by atoms with Crippen LogP contribution >= 0.6 is 0 Å². The molecule has 0 saturated heterocycles. The van der Waals surface area contributed by atoms with Crippen molar-refractivity contribution in [2.45, 2.75) is 6.92 Å². The standard InChI is InChI=1S/C9H7NO3/c1-6-10-8-3-2-7(12-5-11)4-9(8)13-6/h2-5H,1H3. The Hall–Kier alpha value is -1.84. The molecule has 0 spiro atoms. The summed E-state index contributed by atoms with van der Waals surface area (Å²) in [5.74, 6) is 1.05. The predicted molar refractivity (Wildman–Crippen MR) is 45.4 cm³/mol. The van der Waals surface area contributed by atoms with Crippen molar-refractivity contribution in [1.82, 2.24) is 4.98 Å². The number of ether oxygens (including phenoxy) is 1. The summed E-state index contributed by atoms with van der Waals surface area (Å²) in [5.41, 5.74) is 1.38. The van der Waals surface area contributed by atoms with E-state index < -0.39 is 0 Å². The number of aromatic nitrogens is 1. The van der Waals surface area contributed by atoms with Crippen LogP contribution in [-0.4, -0.2) is 11.5 Å². The van der Waals surface area contributed by atoms with E-state index in [-0.39, 0.29) is 0 Å². The van der Waals surface area contributed by atoms with Crippen molar-refractivity contribution in [2.75, 3.05) is 0 Å². The maximum absolute atomic E-state index is 10.0. The topological polar surface area (TPSA) is 52.3 Å². The van der Waals surface area contributed by atoms with E-state index in [1.54, 1.807) is 25.1 Å². The van der Waals surface area contributed by atoms with Gasteiger partial charge < -0.3 is 9.15 Å². The average molecular weight is 177 g/mol. The second-order valence-electron chi connectivity index (χ2n) is 2.58. The lowest BCUT2D eigenvalue weighted by atomic mass is 10.3. The number of oxazole rings is 1. The van der Waals surface area contributed by atoms with Crippen LogP contribution in [0.3, 0.4) is 0 Å². The molecule has 0 aliphatic heterocycles. The fourth-order valence-corrected chi connectivity index (χ4v) is 1.15. The third-order valence-electron chi connectivity index (χ3n) is 1.65. The highest BCUT2D eigenvalue weighted by Crippen LogP contribution is 2.20. The molecule has 4 nitrogen and oxygen atoms in total. The highest BCUT2D eigenvalue weighted by Gasteiger charge is 2.02. The Morgan fingerprint density at radius 1 is 1.54 bits per heavy atom. The molecule has 0 aliphatic rings. The molecule has 0 N–H and O–H groups in total. The van der Waals surface area contributed by atoms with Crippen molar-refractivity contribution in [2.24, 2.45) is 0 Å². The van der Waals surface area contributed by atoms with E-state index in [2.05, 4.69) is 9.72 Å². The number of carbonyl (C=O) groups is 1. The van der Waals surface area contributed by atoms with Gasteiger partial charge in [-0.25, -0.2) is 4.98 Å². The van der Waals surface area contributed by atoms with Gasteiger partial charge in [0.05, 0.1) is 0 Å². The predicted octanol–water partition coefficient (Wildman–Crippen LogP) is 1.67. The molecule has 0 aliphatic carbocycles. The number of benzene rings is 1. The molecule has 0 atom stereocenters. The van der Waals surface area contributed by atoms with Gasteiger partial charge >= 0.3 is 0 Å². The molecule has 0 radical (unpaired) electrons. The Kier molecular flexibility index (Phi) is 1.73. The largest absolute Gasteiger partial charge is 0.441 e. The molecule has 0 saturated carbocycles. The van der Waals surface area contributed by atoms with Crippen molar-refractivity contribution in [3.05, 3.63) is 24.1 Å². The maximum Gasteiger partial charge on any atom is 0.298 e. The molecular formula is C9H7NO3. The summed E-state index contributed by atoms with van der Waals surface area (Å²) in [6.45, 7) is 2.14. The number of fused-ring (bicyclic) bond motifs is 1. The number of hydrogen-bond acceptors (Lipinski definition) is 4. The summed E-state index contributed by atoms with van der Waals surface area (Å²) < 4.78 is 9.90. The molecule has 1 heterocycles. The first-order valence-corrected chi connectivity index (χ1v) is 3.77. The first-order valence-electron chi connectivity index (χ1n) is 3.77. The summed E-state index contributed by atoms with van der Waals surface area (Å²) in [6, 6.07) is 5.03. The minimum atomic E-state index is 0.379. The monoisotopic (exact) mass is 177 g/mol. The van der Waals surface area contributed by atoms with Gasteiger partial charge in [-0.05, 0) is 12.1 Å². The molecule has 0 bridgehead atoms. The fraction of sp³-hybridized carbons (Fsp3) is 0.111. The Balaban J connectivity index is 2.54. The lowest BCUT2D eigenvalue weighted by molar-refractivity contribution is -0.120. The summed E-state index contributed by atoms with van der Waals surface area (Å²) in [6.07, 6.45) is 0. The van der Waals surface area contributed by atoms with Crippen LogP contribution < -0.4 is 4.74 Å². The molecular weight excluding hydrogens is 170 g/mol. The zero-order chi connectivity index (χ0) is 9.26. The Morgan fingerprint density at radius 2 is 2.38 bits per heavy atom. The van der Waals surface area contributed by atoms with Gasteiger partial charge in [-0.15, -0.1) is 0 Å². The molecule has 2 aromatic rings. The minimum Gasteiger partial charge on any atom is -0.441 e. The second kappa shape index (κ2) is 2.90. The van der Waals surface area contributed by atoms with Crippen LogP contribution in [0.25, 0.3) is 11.1 Å². The van der Waals surface area contributed by atoms with Crippen molar-refractivity contribution in [1.29, 1.82) is 0 Å². The molecule has 13 heavy (non-hydrogen) atoms. The number of nitrogens with zero attached hydrogens (tertiary/aromatic N) is 1. The smallest absolute Gasteiger partial charge is 0.298 e. The fourth-order valence-electron chi connectivity index (χ4n) is 1.15. The van der Waals surface area contributed by atoms with E-state index >= 15 is 0 Å². The first-order chi connectivity index (χ1) is 6.29. The molecule has 0 unspecified atom stereocenters. The first kappa shape index (κ1) is 7.79. The molecule has 0 fully saturated rings. The molecule has 4 heteroatoms. The number of aryl methyl sites for hydroxylation is 1. The van der Waals surface area contributed by atoms with E-state index in [0.717, 1.165) is 5.52 Å². The van der Waals surface area contributed by atoms with Crippen LogP contribution in [0.4, 0.5) is 0 Å².